The molecule has 0 heterocycles. The molecule has 7 nitrogen and oxygen atoms in total. The van der Waals surface area contributed by atoms with Crippen molar-refractivity contribution in [1.82, 2.24) is 0 Å². The van der Waals surface area contributed by atoms with Gasteiger partial charge in [0.1, 0.15) is 17.2 Å². The van der Waals surface area contributed by atoms with Gasteiger partial charge in [0, 0.05) is 16.9 Å². The van der Waals surface area contributed by atoms with Crippen LogP contribution in [-0.4, -0.2) is 30.5 Å². The number of carbonyl (C=O) groups excluding carboxylic acids is 1. The van der Waals surface area contributed by atoms with Gasteiger partial charge < -0.3 is 15.1 Å². The summed E-state index contributed by atoms with van der Waals surface area (Å²) in [5.74, 6) is 6.93. The van der Waals surface area contributed by atoms with Crippen molar-refractivity contribution in [2.24, 2.45) is 10.9 Å². The number of ketones is 1. The molecule has 186 valence electrons. The molecule has 0 saturated heterocycles. The van der Waals surface area contributed by atoms with Crippen LogP contribution in [0.1, 0.15) is 68.8 Å². The molecule has 0 radical (unpaired) electrons. The number of hydrogen-bond acceptors (Lipinski definition) is 8. The Kier molecular flexibility index (Phi) is 12.2. The Hall–Kier alpha value is -2.28. The third-order valence-electron chi connectivity index (χ3n) is 4.79. The quantitative estimate of drug-likeness (QED) is 0.0663. The van der Waals surface area contributed by atoms with Gasteiger partial charge in [0.05, 0.1) is 13.2 Å². The van der Waals surface area contributed by atoms with Crippen LogP contribution in [0.25, 0.3) is 0 Å². The van der Waals surface area contributed by atoms with Gasteiger partial charge in [-0.2, -0.15) is 5.10 Å². The molecule has 2 N–H and O–H groups in total. The van der Waals surface area contributed by atoms with E-state index in [2.05, 4.69) is 12.0 Å². The van der Waals surface area contributed by atoms with E-state index < -0.39 is 6.80 Å². The summed E-state index contributed by atoms with van der Waals surface area (Å²) in [5, 5.41) is 3.73. The Bertz CT molecular complexity index is 982. The second kappa shape index (κ2) is 14.9. The molecule has 0 aliphatic carbocycles. The second-order valence-electron chi connectivity index (χ2n) is 7.56. The third-order valence-corrected chi connectivity index (χ3v) is 8.74. The van der Waals surface area contributed by atoms with Crippen LogP contribution in [-0.2, 0) is 9.09 Å². The molecule has 2 aromatic carbocycles. The summed E-state index contributed by atoms with van der Waals surface area (Å²) in [6.45, 7) is 3.47. The van der Waals surface area contributed by atoms with E-state index in [-0.39, 0.29) is 18.1 Å². The van der Waals surface area contributed by atoms with E-state index in [4.69, 9.17) is 19.6 Å². The lowest BCUT2D eigenvalue weighted by Crippen LogP contribution is -2.18. The van der Waals surface area contributed by atoms with Crippen LogP contribution < -0.4 is 15.1 Å². The van der Waals surface area contributed by atoms with Gasteiger partial charge in [0.15, 0.2) is 0 Å². The average Bonchev–Trinajstić information content (AvgIpc) is 2.84. The Labute approximate surface area is 206 Å². The fraction of sp³-hybridized carbons (Fsp3) is 0.440. The number of hydrazone groups is 1. The van der Waals surface area contributed by atoms with E-state index >= 15 is 0 Å². The molecular weight excluding hydrogens is 471 g/mol. The normalized spacial score (nSPS) is 13.3. The first-order chi connectivity index (χ1) is 16.5. The summed E-state index contributed by atoms with van der Waals surface area (Å²) < 4.78 is 29.9. The number of unbranched alkanes of at least 4 members (excludes halogenated alkanes) is 3. The predicted molar refractivity (Wildman–Crippen MR) is 140 cm³/mol. The largest absolute Gasteiger partial charge is 0.494 e. The maximum atomic E-state index is 13.1. The summed E-state index contributed by atoms with van der Waals surface area (Å²) in [6, 6.07) is 13.6. The first-order valence-electron chi connectivity index (χ1n) is 11.7. The van der Waals surface area contributed by atoms with E-state index in [1.807, 2.05) is 6.92 Å². The Morgan fingerprint density at radius 2 is 1.74 bits per heavy atom. The molecule has 0 amide bonds. The fourth-order valence-electron chi connectivity index (χ4n) is 3.10. The summed E-state index contributed by atoms with van der Waals surface area (Å²) in [5.41, 5.74) is 0.975. The molecule has 0 aromatic heterocycles. The molecule has 0 fully saturated rings. The van der Waals surface area contributed by atoms with Crippen molar-refractivity contribution in [3.05, 3.63) is 59.7 Å². The molecule has 0 aliphatic heterocycles. The predicted octanol–water partition coefficient (Wildman–Crippen LogP) is 6.86. The first kappa shape index (κ1) is 28.0. The fourth-order valence-corrected chi connectivity index (χ4v) is 6.55. The van der Waals surface area contributed by atoms with Crippen LogP contribution in [0.4, 0.5) is 0 Å². The van der Waals surface area contributed by atoms with Crippen molar-refractivity contribution < 1.29 is 23.1 Å². The van der Waals surface area contributed by atoms with Crippen LogP contribution in [0.5, 0.6) is 11.5 Å². The SMILES string of the molecule is CCCCCCOc1ccc(C(=O)/C(=N/N)c2cccc(OP(=O)(OCC)SCCC)c2)cc1. The number of carbonyl (C=O) groups is 1. The Morgan fingerprint density at radius 3 is 2.38 bits per heavy atom. The van der Waals surface area contributed by atoms with E-state index in [0.717, 1.165) is 30.6 Å². The number of hydrogen-bond donors (Lipinski definition) is 1. The molecule has 0 aliphatic rings. The number of benzene rings is 2. The van der Waals surface area contributed by atoms with Crippen molar-refractivity contribution in [3.8, 4) is 11.5 Å². The lowest BCUT2D eigenvalue weighted by atomic mass is 10.0. The van der Waals surface area contributed by atoms with E-state index in [0.29, 0.717) is 35.0 Å². The van der Waals surface area contributed by atoms with Gasteiger partial charge in [0.2, 0.25) is 5.78 Å². The molecule has 1 unspecified atom stereocenters. The molecular formula is C25H35N2O5PS. The lowest BCUT2D eigenvalue weighted by Gasteiger charge is -2.18. The van der Waals surface area contributed by atoms with E-state index in [9.17, 15) is 9.36 Å². The zero-order valence-corrected chi connectivity index (χ0v) is 21.9. The van der Waals surface area contributed by atoms with Crippen molar-refractivity contribution in [3.63, 3.8) is 0 Å². The van der Waals surface area contributed by atoms with Crippen LogP contribution >= 0.6 is 18.2 Å². The number of ether oxygens (including phenoxy) is 1. The Morgan fingerprint density at radius 1 is 0.971 bits per heavy atom. The molecule has 2 rings (SSSR count). The molecule has 0 saturated carbocycles. The summed E-state index contributed by atoms with van der Waals surface area (Å²) in [7, 11) is 0. The highest BCUT2D eigenvalue weighted by Gasteiger charge is 2.27. The van der Waals surface area contributed by atoms with Crippen LogP contribution in [0.2, 0.25) is 0 Å². The standard InChI is InChI=1S/C25H35N2O5PS/c1-4-7-8-9-17-30-22-15-13-20(14-16-22)25(28)24(27-26)21-11-10-12-23(19-21)32-33(29,31-6-3)34-18-5-2/h10-16,19H,4-9,17-18,26H2,1-3H3/b27-24+. The minimum atomic E-state index is -3.37. The number of nitrogens with two attached hydrogens (primary N) is 1. The molecule has 2 aromatic rings. The minimum Gasteiger partial charge on any atom is -0.494 e. The number of rotatable bonds is 16. The van der Waals surface area contributed by atoms with Crippen molar-refractivity contribution in [2.75, 3.05) is 19.0 Å². The molecule has 0 spiro atoms. The number of nitrogens with zero attached hydrogens (tertiary/aromatic N) is 1. The van der Waals surface area contributed by atoms with Gasteiger partial charge in [-0.1, -0.05) is 45.2 Å². The van der Waals surface area contributed by atoms with Crippen molar-refractivity contribution in [1.29, 1.82) is 0 Å². The van der Waals surface area contributed by atoms with Crippen molar-refractivity contribution >= 4 is 29.7 Å². The Balaban J connectivity index is 2.11. The molecule has 34 heavy (non-hydrogen) atoms. The molecule has 1 atom stereocenters. The van der Waals surface area contributed by atoms with E-state index in [1.165, 1.54) is 12.8 Å². The first-order valence-corrected chi connectivity index (χ1v) is 14.8. The topological polar surface area (TPSA) is 100 Å². The third kappa shape index (κ3) is 8.82. The zero-order chi connectivity index (χ0) is 24.8. The van der Waals surface area contributed by atoms with Gasteiger partial charge in [-0.15, -0.1) is 0 Å². The van der Waals surface area contributed by atoms with Crippen LogP contribution in [0, 0.1) is 0 Å². The average molecular weight is 507 g/mol. The van der Waals surface area contributed by atoms with Gasteiger partial charge >= 0.3 is 6.80 Å². The lowest BCUT2D eigenvalue weighted by molar-refractivity contribution is 0.106. The number of Topliss-reactive ketones (excluding diaryl/α,β-unsaturated/α-hetero) is 1. The van der Waals surface area contributed by atoms with Gasteiger partial charge in [-0.3, -0.25) is 9.32 Å². The van der Waals surface area contributed by atoms with Crippen molar-refractivity contribution in [2.45, 2.75) is 52.9 Å². The van der Waals surface area contributed by atoms with Crippen LogP contribution in [0.15, 0.2) is 53.6 Å². The highest BCUT2D eigenvalue weighted by Crippen LogP contribution is 2.60. The van der Waals surface area contributed by atoms with E-state index in [1.54, 1.807) is 55.5 Å². The highest BCUT2D eigenvalue weighted by molar-refractivity contribution is 8.55. The molecule has 0 bridgehead atoms. The highest BCUT2D eigenvalue weighted by atomic mass is 32.7. The summed E-state index contributed by atoms with van der Waals surface area (Å²) in [4.78, 5) is 13.1. The van der Waals surface area contributed by atoms with Crippen LogP contribution in [0.3, 0.4) is 0 Å². The zero-order valence-electron chi connectivity index (χ0n) is 20.2. The maximum Gasteiger partial charge on any atom is 0.440 e. The minimum absolute atomic E-state index is 0.0751. The monoisotopic (exact) mass is 506 g/mol. The van der Waals surface area contributed by atoms with Gasteiger partial charge in [-0.05, 0) is 67.5 Å². The smallest absolute Gasteiger partial charge is 0.440 e. The van der Waals surface area contributed by atoms with Gasteiger partial charge in [-0.25, -0.2) is 4.57 Å². The maximum absolute atomic E-state index is 13.1. The summed E-state index contributed by atoms with van der Waals surface area (Å²) in [6.07, 6.45) is 5.37. The second-order valence-corrected chi connectivity index (χ2v) is 11.7. The van der Waals surface area contributed by atoms with Gasteiger partial charge in [0.25, 0.3) is 0 Å². The summed E-state index contributed by atoms with van der Waals surface area (Å²) >= 11 is 1.15. The molecule has 9 heteroatoms.